The van der Waals surface area contributed by atoms with Gasteiger partial charge < -0.3 is 14.6 Å². The molecule has 0 atom stereocenters. The van der Waals surface area contributed by atoms with Gasteiger partial charge in [-0.15, -0.1) is 0 Å². The van der Waals surface area contributed by atoms with Crippen molar-refractivity contribution in [3.63, 3.8) is 0 Å². The molecule has 0 aromatic heterocycles. The van der Waals surface area contributed by atoms with Crippen molar-refractivity contribution in [1.29, 1.82) is 0 Å². The van der Waals surface area contributed by atoms with Crippen LogP contribution in [0.15, 0.2) is 24.3 Å². The predicted molar refractivity (Wildman–Crippen MR) is 79.9 cm³/mol. The first-order chi connectivity index (χ1) is 9.27. The number of carbonyl (C=O) groups excluding carboxylic acids is 1. The van der Waals surface area contributed by atoms with E-state index in [0.29, 0.717) is 6.42 Å². The molecule has 0 bridgehead atoms. The number of rotatable bonds is 3. The van der Waals surface area contributed by atoms with E-state index in [1.807, 2.05) is 52.0 Å². The largest absolute Gasteiger partial charge is 0.495 e. The van der Waals surface area contributed by atoms with Crippen LogP contribution in [0.5, 0.6) is 0 Å². The summed E-state index contributed by atoms with van der Waals surface area (Å²) >= 11 is 0. The summed E-state index contributed by atoms with van der Waals surface area (Å²) in [7, 11) is 1.21. The molecule has 1 aliphatic heterocycles. The van der Waals surface area contributed by atoms with Crippen LogP contribution < -0.4 is 10.8 Å². The smallest absolute Gasteiger partial charge is 0.399 e. The van der Waals surface area contributed by atoms with E-state index >= 15 is 0 Å². The number of nitrogens with one attached hydrogen (secondary N) is 1. The number of hydrogen-bond donors (Lipinski definition) is 1. The van der Waals surface area contributed by atoms with Crippen LogP contribution in [0.4, 0.5) is 0 Å². The van der Waals surface area contributed by atoms with Crippen LogP contribution >= 0.6 is 0 Å². The Labute approximate surface area is 121 Å². The van der Waals surface area contributed by atoms with Crippen LogP contribution in [0.25, 0.3) is 0 Å². The highest BCUT2D eigenvalue weighted by molar-refractivity contribution is 6.62. The summed E-state index contributed by atoms with van der Waals surface area (Å²) in [5.74, 6) is -0.0195. The summed E-state index contributed by atoms with van der Waals surface area (Å²) in [6.07, 6.45) is 0.330. The van der Waals surface area contributed by atoms with E-state index in [2.05, 4.69) is 5.32 Å². The van der Waals surface area contributed by atoms with Gasteiger partial charge in [-0.1, -0.05) is 24.3 Å². The fourth-order valence-electron chi connectivity index (χ4n) is 2.16. The van der Waals surface area contributed by atoms with E-state index in [9.17, 15) is 4.79 Å². The second-order valence-electron chi connectivity index (χ2n) is 6.14. The van der Waals surface area contributed by atoms with Gasteiger partial charge in [0.25, 0.3) is 0 Å². The van der Waals surface area contributed by atoms with Crippen molar-refractivity contribution in [1.82, 2.24) is 5.32 Å². The molecule has 1 aliphatic rings. The van der Waals surface area contributed by atoms with Crippen LogP contribution in [-0.4, -0.2) is 31.3 Å². The molecular weight excluding hydrogens is 253 g/mol. The molecule has 0 radical (unpaired) electrons. The predicted octanol–water partition coefficient (Wildman–Crippen LogP) is 1.27. The van der Waals surface area contributed by atoms with Crippen LogP contribution in [0.1, 0.15) is 33.3 Å². The van der Waals surface area contributed by atoms with Crippen molar-refractivity contribution in [3.05, 3.63) is 29.8 Å². The van der Waals surface area contributed by atoms with Crippen LogP contribution in [0.2, 0.25) is 0 Å². The van der Waals surface area contributed by atoms with E-state index < -0.39 is 7.12 Å². The van der Waals surface area contributed by atoms with Gasteiger partial charge in [0.1, 0.15) is 0 Å². The number of amides is 1. The highest BCUT2D eigenvalue weighted by Gasteiger charge is 2.52. The third-order valence-corrected chi connectivity index (χ3v) is 4.19. The highest BCUT2D eigenvalue weighted by atomic mass is 16.7. The Morgan fingerprint density at radius 2 is 1.70 bits per heavy atom. The van der Waals surface area contributed by atoms with Gasteiger partial charge in [-0.2, -0.15) is 0 Å². The van der Waals surface area contributed by atoms with Crippen molar-refractivity contribution >= 4 is 18.5 Å². The van der Waals surface area contributed by atoms with E-state index in [0.717, 1.165) is 11.0 Å². The Kier molecular flexibility index (Phi) is 3.94. The zero-order valence-electron chi connectivity index (χ0n) is 12.8. The molecule has 20 heavy (non-hydrogen) atoms. The van der Waals surface area contributed by atoms with Crippen molar-refractivity contribution in [2.24, 2.45) is 0 Å². The van der Waals surface area contributed by atoms with Crippen LogP contribution in [-0.2, 0) is 20.5 Å². The maximum absolute atomic E-state index is 11.6. The second-order valence-corrected chi connectivity index (χ2v) is 6.14. The lowest BCUT2D eigenvalue weighted by Gasteiger charge is -2.32. The third kappa shape index (κ3) is 2.74. The zero-order chi connectivity index (χ0) is 15.0. The summed E-state index contributed by atoms with van der Waals surface area (Å²) in [6.45, 7) is 8.09. The Hall–Kier alpha value is -1.33. The van der Waals surface area contributed by atoms with Gasteiger partial charge >= 0.3 is 7.12 Å². The minimum absolute atomic E-state index is 0.0195. The summed E-state index contributed by atoms with van der Waals surface area (Å²) in [4.78, 5) is 11.6. The molecule has 1 aromatic carbocycles. The quantitative estimate of drug-likeness (QED) is 0.845. The molecule has 0 unspecified atom stereocenters. The SMILES string of the molecule is CNC(=O)Cc1ccccc1B1OC(C)(C)C(C)(C)O1. The fraction of sp³-hybridized carbons (Fsp3) is 0.533. The van der Waals surface area contributed by atoms with E-state index in [4.69, 9.17) is 9.31 Å². The number of carbonyl (C=O) groups is 1. The lowest BCUT2D eigenvalue weighted by Crippen LogP contribution is -2.41. The molecule has 1 N–H and O–H groups in total. The fourth-order valence-corrected chi connectivity index (χ4v) is 2.16. The van der Waals surface area contributed by atoms with Gasteiger partial charge in [-0.25, -0.2) is 0 Å². The molecule has 0 aliphatic carbocycles. The first-order valence-corrected chi connectivity index (χ1v) is 6.91. The minimum Gasteiger partial charge on any atom is -0.399 e. The molecule has 1 fully saturated rings. The Balaban J connectivity index is 2.28. The molecule has 5 heteroatoms. The normalized spacial score (nSPS) is 19.9. The molecule has 1 amide bonds. The number of hydrogen-bond acceptors (Lipinski definition) is 3. The van der Waals surface area contributed by atoms with Gasteiger partial charge in [0.2, 0.25) is 5.91 Å². The Morgan fingerprint density at radius 3 is 2.25 bits per heavy atom. The van der Waals surface area contributed by atoms with E-state index in [1.165, 1.54) is 0 Å². The average Bonchev–Trinajstić information content (AvgIpc) is 2.59. The van der Waals surface area contributed by atoms with Gasteiger partial charge in [0, 0.05) is 7.05 Å². The van der Waals surface area contributed by atoms with E-state index in [-0.39, 0.29) is 17.1 Å². The van der Waals surface area contributed by atoms with Crippen molar-refractivity contribution in [2.75, 3.05) is 7.05 Å². The Bertz CT molecular complexity index is 498. The topological polar surface area (TPSA) is 47.6 Å². The van der Waals surface area contributed by atoms with Crippen molar-refractivity contribution in [3.8, 4) is 0 Å². The molecule has 4 nitrogen and oxygen atoms in total. The maximum atomic E-state index is 11.6. The molecule has 1 saturated heterocycles. The van der Waals surface area contributed by atoms with Gasteiger partial charge in [-0.05, 0) is 38.7 Å². The Morgan fingerprint density at radius 1 is 1.15 bits per heavy atom. The van der Waals surface area contributed by atoms with Crippen LogP contribution in [0, 0.1) is 0 Å². The first kappa shape index (κ1) is 15.1. The summed E-state index contributed by atoms with van der Waals surface area (Å²) in [6, 6.07) is 7.76. The lowest BCUT2D eigenvalue weighted by atomic mass is 9.75. The van der Waals surface area contributed by atoms with Crippen molar-refractivity contribution < 1.29 is 14.1 Å². The summed E-state index contributed by atoms with van der Waals surface area (Å²) in [5, 5.41) is 2.64. The van der Waals surface area contributed by atoms with Gasteiger partial charge in [0.15, 0.2) is 0 Å². The van der Waals surface area contributed by atoms with Crippen LogP contribution in [0.3, 0.4) is 0 Å². The minimum atomic E-state index is -0.430. The standard InChI is InChI=1S/C15H22BNO3/c1-14(2)15(3,4)20-16(19-14)12-9-7-6-8-11(12)10-13(18)17-5/h6-9H,10H2,1-5H3,(H,17,18). The molecule has 1 heterocycles. The van der Waals surface area contributed by atoms with Gasteiger partial charge in [0.05, 0.1) is 17.6 Å². The molecule has 108 valence electrons. The van der Waals surface area contributed by atoms with E-state index in [1.54, 1.807) is 7.05 Å². The maximum Gasteiger partial charge on any atom is 0.495 e. The molecule has 1 aromatic rings. The monoisotopic (exact) mass is 275 g/mol. The molecular formula is C15H22BNO3. The molecule has 0 saturated carbocycles. The van der Waals surface area contributed by atoms with Crippen molar-refractivity contribution in [2.45, 2.75) is 45.3 Å². The lowest BCUT2D eigenvalue weighted by molar-refractivity contribution is -0.119. The number of likely N-dealkylation sites (N-methyl/N-ethyl adjacent to an activating group) is 1. The van der Waals surface area contributed by atoms with Gasteiger partial charge in [-0.3, -0.25) is 4.79 Å². The molecule has 2 rings (SSSR count). The third-order valence-electron chi connectivity index (χ3n) is 4.19. The average molecular weight is 275 g/mol. The number of benzene rings is 1. The summed E-state index contributed by atoms with van der Waals surface area (Å²) in [5.41, 5.74) is 1.11. The summed E-state index contributed by atoms with van der Waals surface area (Å²) < 4.78 is 12.1. The second kappa shape index (κ2) is 5.22. The molecule has 0 spiro atoms. The zero-order valence-corrected chi connectivity index (χ0v) is 12.8. The highest BCUT2D eigenvalue weighted by Crippen LogP contribution is 2.36. The first-order valence-electron chi connectivity index (χ1n) is 6.91.